The number of phenols is 3. The molecule has 0 amide bonds. The largest absolute Gasteiger partial charge is 0.504 e. The van der Waals surface area contributed by atoms with Gasteiger partial charge in [-0.05, 0) is 28.2 Å². The number of rotatable bonds is 3. The molecule has 0 aliphatic rings. The third-order valence-electron chi connectivity index (χ3n) is 4.63. The quantitative estimate of drug-likeness (QED) is 0.559. The summed E-state index contributed by atoms with van der Waals surface area (Å²) in [6.07, 6.45) is 0.466. The molecule has 0 aliphatic heterocycles. The molecule has 3 nitrogen and oxygen atoms in total. The van der Waals surface area contributed by atoms with E-state index in [1.54, 1.807) is 6.07 Å². The van der Waals surface area contributed by atoms with Crippen LogP contribution in [0, 0.1) is 0 Å². The SMILES string of the molecule is CC(C)(C)c1ccc(-c2cc(Cc3ccccc3)c(O)c(O)c2O)cc1. The summed E-state index contributed by atoms with van der Waals surface area (Å²) in [4.78, 5) is 0. The van der Waals surface area contributed by atoms with Crippen LogP contribution in [0.15, 0.2) is 60.7 Å². The van der Waals surface area contributed by atoms with Crippen molar-refractivity contribution in [1.82, 2.24) is 0 Å². The van der Waals surface area contributed by atoms with Gasteiger partial charge in [-0.1, -0.05) is 75.4 Å². The second-order valence-corrected chi connectivity index (χ2v) is 7.62. The van der Waals surface area contributed by atoms with E-state index in [0.717, 1.165) is 11.1 Å². The molecule has 0 spiro atoms. The van der Waals surface area contributed by atoms with Crippen LogP contribution >= 0.6 is 0 Å². The van der Waals surface area contributed by atoms with Gasteiger partial charge in [-0.3, -0.25) is 0 Å². The summed E-state index contributed by atoms with van der Waals surface area (Å²) in [5.41, 5.74) is 4.11. The van der Waals surface area contributed by atoms with E-state index in [1.165, 1.54) is 5.56 Å². The van der Waals surface area contributed by atoms with E-state index in [2.05, 4.69) is 20.8 Å². The molecule has 0 unspecified atom stereocenters. The average molecular weight is 348 g/mol. The highest BCUT2D eigenvalue weighted by molar-refractivity contribution is 5.77. The standard InChI is InChI=1S/C23H24O3/c1-23(2,3)18-11-9-16(10-12-18)19-14-17(20(24)22(26)21(19)25)13-15-7-5-4-6-8-15/h4-12,14,24-26H,13H2,1-3H3. The Morgan fingerprint density at radius 1 is 0.731 bits per heavy atom. The van der Waals surface area contributed by atoms with Crippen molar-refractivity contribution >= 4 is 0 Å². The number of hydrogen-bond donors (Lipinski definition) is 3. The number of phenolic OH excluding ortho intramolecular Hbond substituents is 3. The van der Waals surface area contributed by atoms with Gasteiger partial charge in [0, 0.05) is 17.5 Å². The lowest BCUT2D eigenvalue weighted by Gasteiger charge is -2.19. The summed E-state index contributed by atoms with van der Waals surface area (Å²) < 4.78 is 0. The number of aromatic hydroxyl groups is 3. The Kier molecular flexibility index (Phi) is 4.64. The first-order valence-electron chi connectivity index (χ1n) is 8.69. The van der Waals surface area contributed by atoms with Crippen LogP contribution in [-0.2, 0) is 11.8 Å². The molecule has 0 radical (unpaired) electrons. The first kappa shape index (κ1) is 17.9. The minimum absolute atomic E-state index is 0.0378. The molecule has 0 aliphatic carbocycles. The molecule has 26 heavy (non-hydrogen) atoms. The molecule has 3 rings (SSSR count). The van der Waals surface area contributed by atoms with E-state index in [1.807, 2.05) is 54.6 Å². The van der Waals surface area contributed by atoms with E-state index in [4.69, 9.17) is 0 Å². The van der Waals surface area contributed by atoms with Crippen LogP contribution in [0.25, 0.3) is 11.1 Å². The molecule has 0 aromatic heterocycles. The second-order valence-electron chi connectivity index (χ2n) is 7.62. The molecule has 0 heterocycles. The molecule has 134 valence electrons. The van der Waals surface area contributed by atoms with Gasteiger partial charge >= 0.3 is 0 Å². The monoisotopic (exact) mass is 348 g/mol. The van der Waals surface area contributed by atoms with E-state index in [-0.39, 0.29) is 16.9 Å². The fourth-order valence-electron chi connectivity index (χ4n) is 3.02. The van der Waals surface area contributed by atoms with Crippen molar-refractivity contribution in [1.29, 1.82) is 0 Å². The molecular weight excluding hydrogens is 324 g/mol. The lowest BCUT2D eigenvalue weighted by Crippen LogP contribution is -2.10. The van der Waals surface area contributed by atoms with Gasteiger partial charge in [-0.25, -0.2) is 0 Å². The van der Waals surface area contributed by atoms with Gasteiger partial charge in [-0.15, -0.1) is 0 Å². The highest BCUT2D eigenvalue weighted by Gasteiger charge is 2.19. The van der Waals surface area contributed by atoms with E-state index < -0.39 is 5.75 Å². The molecule has 0 fully saturated rings. The summed E-state index contributed by atoms with van der Waals surface area (Å²) in [7, 11) is 0. The van der Waals surface area contributed by atoms with Crippen molar-refractivity contribution in [3.8, 4) is 28.4 Å². The zero-order chi connectivity index (χ0) is 18.9. The smallest absolute Gasteiger partial charge is 0.201 e. The third kappa shape index (κ3) is 3.52. The molecule has 3 aromatic rings. The van der Waals surface area contributed by atoms with Gasteiger partial charge in [-0.2, -0.15) is 0 Å². The van der Waals surface area contributed by atoms with Gasteiger partial charge in [0.15, 0.2) is 11.5 Å². The lowest BCUT2D eigenvalue weighted by molar-refractivity contribution is 0.366. The third-order valence-corrected chi connectivity index (χ3v) is 4.63. The Bertz CT molecular complexity index is 905. The predicted molar refractivity (Wildman–Crippen MR) is 105 cm³/mol. The molecule has 3 heteroatoms. The van der Waals surface area contributed by atoms with Crippen molar-refractivity contribution < 1.29 is 15.3 Å². The van der Waals surface area contributed by atoms with Crippen LogP contribution in [-0.4, -0.2) is 15.3 Å². The molecule has 0 saturated heterocycles. The minimum atomic E-state index is -0.478. The maximum Gasteiger partial charge on any atom is 0.201 e. The van der Waals surface area contributed by atoms with Crippen LogP contribution in [0.2, 0.25) is 0 Å². The van der Waals surface area contributed by atoms with Crippen LogP contribution in [0.1, 0.15) is 37.5 Å². The molecular formula is C23H24O3. The average Bonchev–Trinajstić information content (AvgIpc) is 2.62. The topological polar surface area (TPSA) is 60.7 Å². The Labute approximate surface area is 154 Å². The zero-order valence-electron chi connectivity index (χ0n) is 15.3. The first-order valence-corrected chi connectivity index (χ1v) is 8.69. The fraction of sp³-hybridized carbons (Fsp3) is 0.217. The second kappa shape index (κ2) is 6.75. The number of benzene rings is 3. The van der Waals surface area contributed by atoms with Crippen LogP contribution < -0.4 is 0 Å². The molecule has 0 saturated carbocycles. The van der Waals surface area contributed by atoms with Crippen molar-refractivity contribution in [2.75, 3.05) is 0 Å². The van der Waals surface area contributed by atoms with Crippen molar-refractivity contribution in [2.24, 2.45) is 0 Å². The van der Waals surface area contributed by atoms with Gasteiger partial charge in [0.25, 0.3) is 0 Å². The number of hydrogen-bond acceptors (Lipinski definition) is 3. The van der Waals surface area contributed by atoms with E-state index in [0.29, 0.717) is 17.5 Å². The molecule has 0 atom stereocenters. The maximum atomic E-state index is 10.3. The van der Waals surface area contributed by atoms with E-state index in [9.17, 15) is 15.3 Å². The van der Waals surface area contributed by atoms with Gasteiger partial charge < -0.3 is 15.3 Å². The highest BCUT2D eigenvalue weighted by Crippen LogP contribution is 2.45. The maximum absolute atomic E-state index is 10.3. The van der Waals surface area contributed by atoms with E-state index >= 15 is 0 Å². The summed E-state index contributed by atoms with van der Waals surface area (Å²) in [6, 6.07) is 19.4. The van der Waals surface area contributed by atoms with Crippen molar-refractivity contribution in [3.05, 3.63) is 77.4 Å². The van der Waals surface area contributed by atoms with Gasteiger partial charge in [0.2, 0.25) is 5.75 Å². The van der Waals surface area contributed by atoms with Crippen molar-refractivity contribution in [3.63, 3.8) is 0 Å². The molecule has 3 aromatic carbocycles. The summed E-state index contributed by atoms with van der Waals surface area (Å²) in [5, 5.41) is 30.8. The molecule has 0 bridgehead atoms. The predicted octanol–water partition coefficient (Wildman–Crippen LogP) is 5.36. The Balaban J connectivity index is 2.04. The zero-order valence-corrected chi connectivity index (χ0v) is 15.3. The molecule has 3 N–H and O–H groups in total. The summed E-state index contributed by atoms with van der Waals surface area (Å²) in [5.74, 6) is -1.06. The Morgan fingerprint density at radius 2 is 1.35 bits per heavy atom. The first-order chi connectivity index (χ1) is 12.3. The lowest BCUT2D eigenvalue weighted by atomic mass is 9.86. The Morgan fingerprint density at radius 3 is 1.92 bits per heavy atom. The minimum Gasteiger partial charge on any atom is -0.504 e. The fourth-order valence-corrected chi connectivity index (χ4v) is 3.02. The van der Waals surface area contributed by atoms with Gasteiger partial charge in [0.1, 0.15) is 0 Å². The Hall–Kier alpha value is -2.94. The summed E-state index contributed by atoms with van der Waals surface area (Å²) in [6.45, 7) is 6.43. The van der Waals surface area contributed by atoms with Crippen molar-refractivity contribution in [2.45, 2.75) is 32.6 Å². The highest BCUT2D eigenvalue weighted by atomic mass is 16.3. The van der Waals surface area contributed by atoms with Gasteiger partial charge in [0.05, 0.1) is 0 Å². The normalized spacial score (nSPS) is 11.5. The van der Waals surface area contributed by atoms with Crippen LogP contribution in [0.3, 0.4) is 0 Å². The van der Waals surface area contributed by atoms with Crippen LogP contribution in [0.4, 0.5) is 0 Å². The van der Waals surface area contributed by atoms with Crippen LogP contribution in [0.5, 0.6) is 17.2 Å². The summed E-state index contributed by atoms with van der Waals surface area (Å²) >= 11 is 0.